The van der Waals surface area contributed by atoms with Crippen molar-refractivity contribution < 1.29 is 9.59 Å². The van der Waals surface area contributed by atoms with Gasteiger partial charge in [0.25, 0.3) is 11.8 Å². The number of nitrogens with one attached hydrogen (secondary N) is 1. The van der Waals surface area contributed by atoms with E-state index in [9.17, 15) is 9.59 Å². The third kappa shape index (κ3) is 3.89. The highest BCUT2D eigenvalue weighted by Crippen LogP contribution is 2.35. The van der Waals surface area contributed by atoms with Crippen LogP contribution < -0.4 is 15.1 Å². The van der Waals surface area contributed by atoms with Crippen LogP contribution >= 0.6 is 0 Å². The second kappa shape index (κ2) is 8.35. The van der Waals surface area contributed by atoms with Crippen molar-refractivity contribution in [1.29, 1.82) is 0 Å². The Labute approximate surface area is 189 Å². The summed E-state index contributed by atoms with van der Waals surface area (Å²) in [6.07, 6.45) is 0. The standard InChI is InChI=1S/C27H27N3O2/c1-17-9-12-20(13-10-17)24-25(28-23-14-11-18(2)15-19(23)3)27(32)30(26(24)31)22-8-6-7-21(16-22)29(4)5/h6-16,28H,1-5H3. The molecule has 2 amide bonds. The molecule has 0 radical (unpaired) electrons. The molecule has 162 valence electrons. The van der Waals surface area contributed by atoms with Gasteiger partial charge >= 0.3 is 0 Å². The van der Waals surface area contributed by atoms with E-state index in [-0.39, 0.29) is 11.8 Å². The number of imide groups is 1. The van der Waals surface area contributed by atoms with Crippen LogP contribution in [0.1, 0.15) is 22.3 Å². The summed E-state index contributed by atoms with van der Waals surface area (Å²) in [6.45, 7) is 6.01. The smallest absolute Gasteiger partial charge is 0.282 e. The molecule has 0 fully saturated rings. The third-order valence-electron chi connectivity index (χ3n) is 5.67. The summed E-state index contributed by atoms with van der Waals surface area (Å²) in [5, 5.41) is 3.27. The van der Waals surface area contributed by atoms with Gasteiger partial charge in [0.1, 0.15) is 5.70 Å². The fraction of sp³-hybridized carbons (Fsp3) is 0.185. The molecule has 1 aliphatic heterocycles. The molecule has 0 aliphatic carbocycles. The van der Waals surface area contributed by atoms with Crippen molar-refractivity contribution in [3.8, 4) is 0 Å². The number of benzene rings is 3. The van der Waals surface area contributed by atoms with Gasteiger partial charge in [-0.15, -0.1) is 0 Å². The Bertz CT molecular complexity index is 1240. The molecule has 0 atom stereocenters. The second-order valence-corrected chi connectivity index (χ2v) is 8.42. The second-order valence-electron chi connectivity index (χ2n) is 8.42. The van der Waals surface area contributed by atoms with Crippen LogP contribution in [0.25, 0.3) is 5.57 Å². The van der Waals surface area contributed by atoms with Crippen LogP contribution in [0.2, 0.25) is 0 Å². The van der Waals surface area contributed by atoms with Gasteiger partial charge in [-0.2, -0.15) is 0 Å². The molecule has 5 heteroatoms. The first-order chi connectivity index (χ1) is 15.3. The van der Waals surface area contributed by atoms with Crippen LogP contribution in [0.4, 0.5) is 17.1 Å². The fourth-order valence-electron chi connectivity index (χ4n) is 3.87. The third-order valence-corrected chi connectivity index (χ3v) is 5.67. The number of rotatable bonds is 5. The van der Waals surface area contributed by atoms with E-state index in [1.165, 1.54) is 4.90 Å². The molecule has 0 bridgehead atoms. The number of carbonyl (C=O) groups is 2. The van der Waals surface area contributed by atoms with Crippen molar-refractivity contribution in [2.75, 3.05) is 29.2 Å². The molecule has 0 spiro atoms. The average Bonchev–Trinajstić information content (AvgIpc) is 3.00. The monoisotopic (exact) mass is 425 g/mol. The SMILES string of the molecule is Cc1ccc(C2=C(Nc3ccc(C)cc3C)C(=O)N(c3cccc(N(C)C)c3)C2=O)cc1. The largest absolute Gasteiger partial charge is 0.378 e. The molecule has 4 rings (SSSR count). The lowest BCUT2D eigenvalue weighted by Gasteiger charge is -2.19. The number of nitrogens with zero attached hydrogens (tertiary/aromatic N) is 2. The Morgan fingerprint density at radius 2 is 1.47 bits per heavy atom. The van der Waals surface area contributed by atoms with Crippen LogP contribution in [0.3, 0.4) is 0 Å². The van der Waals surface area contributed by atoms with Crippen molar-refractivity contribution in [2.24, 2.45) is 0 Å². The average molecular weight is 426 g/mol. The Morgan fingerprint density at radius 3 is 2.12 bits per heavy atom. The minimum Gasteiger partial charge on any atom is -0.378 e. The minimum atomic E-state index is -0.360. The number of hydrogen-bond acceptors (Lipinski definition) is 4. The maximum atomic E-state index is 13.6. The van der Waals surface area contributed by atoms with Crippen LogP contribution in [0.15, 0.2) is 72.4 Å². The highest BCUT2D eigenvalue weighted by Gasteiger charge is 2.40. The molecule has 1 N–H and O–H groups in total. The number of amides is 2. The molecule has 0 saturated heterocycles. The quantitative estimate of drug-likeness (QED) is 0.580. The summed E-state index contributed by atoms with van der Waals surface area (Å²) in [6, 6.07) is 21.1. The van der Waals surface area contributed by atoms with Gasteiger partial charge in [0.05, 0.1) is 11.3 Å². The molecule has 1 aliphatic rings. The lowest BCUT2D eigenvalue weighted by Crippen LogP contribution is -2.32. The molecule has 0 saturated carbocycles. The maximum absolute atomic E-state index is 13.6. The Hall–Kier alpha value is -3.86. The van der Waals surface area contributed by atoms with Crippen molar-refractivity contribution in [2.45, 2.75) is 20.8 Å². The highest BCUT2D eigenvalue weighted by molar-refractivity contribution is 6.46. The van der Waals surface area contributed by atoms with Crippen LogP contribution in [0.5, 0.6) is 0 Å². The van der Waals surface area contributed by atoms with Gasteiger partial charge in [0.15, 0.2) is 0 Å². The normalized spacial score (nSPS) is 13.7. The Morgan fingerprint density at radius 1 is 0.781 bits per heavy atom. The molecule has 3 aromatic rings. The zero-order valence-corrected chi connectivity index (χ0v) is 19.1. The predicted molar refractivity (Wildman–Crippen MR) is 131 cm³/mol. The summed E-state index contributed by atoms with van der Waals surface area (Å²) in [7, 11) is 3.85. The van der Waals surface area contributed by atoms with E-state index in [2.05, 4.69) is 5.32 Å². The van der Waals surface area contributed by atoms with Crippen molar-refractivity contribution >= 4 is 34.4 Å². The van der Waals surface area contributed by atoms with Crippen molar-refractivity contribution in [1.82, 2.24) is 0 Å². The minimum absolute atomic E-state index is 0.293. The van der Waals surface area contributed by atoms with Gasteiger partial charge in [-0.25, -0.2) is 4.90 Å². The number of hydrogen-bond donors (Lipinski definition) is 1. The lowest BCUT2D eigenvalue weighted by atomic mass is 10.0. The molecule has 3 aromatic carbocycles. The van der Waals surface area contributed by atoms with Gasteiger partial charge in [0.2, 0.25) is 0 Å². The number of anilines is 3. The molecular weight excluding hydrogens is 398 g/mol. The van der Waals surface area contributed by atoms with Crippen molar-refractivity contribution in [3.05, 3.63) is 94.7 Å². The first-order valence-corrected chi connectivity index (χ1v) is 10.6. The van der Waals surface area contributed by atoms with Gasteiger partial charge in [-0.1, -0.05) is 53.6 Å². The van der Waals surface area contributed by atoms with Gasteiger partial charge in [-0.3, -0.25) is 9.59 Å². The van der Waals surface area contributed by atoms with E-state index >= 15 is 0 Å². The van der Waals surface area contributed by atoms with E-state index in [0.29, 0.717) is 22.5 Å². The maximum Gasteiger partial charge on any atom is 0.282 e. The molecular formula is C27H27N3O2. The number of carbonyl (C=O) groups excluding carboxylic acids is 2. The summed E-state index contributed by atoms with van der Waals surface area (Å²) in [5.74, 6) is -0.691. The van der Waals surface area contributed by atoms with Gasteiger partial charge in [-0.05, 0) is 56.2 Å². The van der Waals surface area contributed by atoms with E-state index in [0.717, 1.165) is 28.1 Å². The number of aryl methyl sites for hydroxylation is 3. The van der Waals surface area contributed by atoms with Gasteiger partial charge in [0, 0.05) is 25.5 Å². The zero-order chi connectivity index (χ0) is 23.0. The summed E-state index contributed by atoms with van der Waals surface area (Å²) < 4.78 is 0. The first kappa shape index (κ1) is 21.4. The molecule has 0 aromatic heterocycles. The molecule has 1 heterocycles. The van der Waals surface area contributed by atoms with E-state index in [1.54, 1.807) is 6.07 Å². The van der Waals surface area contributed by atoms with Crippen LogP contribution in [-0.2, 0) is 9.59 Å². The van der Waals surface area contributed by atoms with Crippen LogP contribution in [-0.4, -0.2) is 25.9 Å². The highest BCUT2D eigenvalue weighted by atomic mass is 16.2. The molecule has 5 nitrogen and oxygen atoms in total. The first-order valence-electron chi connectivity index (χ1n) is 10.6. The summed E-state index contributed by atoms with van der Waals surface area (Å²) in [5.41, 5.74) is 6.89. The van der Waals surface area contributed by atoms with Crippen LogP contribution in [0, 0.1) is 20.8 Å². The molecule has 0 unspecified atom stereocenters. The zero-order valence-electron chi connectivity index (χ0n) is 19.1. The van der Waals surface area contributed by atoms with E-state index < -0.39 is 0 Å². The Kier molecular flexibility index (Phi) is 5.57. The summed E-state index contributed by atoms with van der Waals surface area (Å²) in [4.78, 5) is 30.4. The topological polar surface area (TPSA) is 52.7 Å². The Balaban J connectivity index is 1.83. The molecule has 32 heavy (non-hydrogen) atoms. The van der Waals surface area contributed by atoms with Gasteiger partial charge < -0.3 is 10.2 Å². The van der Waals surface area contributed by atoms with E-state index in [4.69, 9.17) is 0 Å². The fourth-order valence-corrected chi connectivity index (χ4v) is 3.87. The lowest BCUT2D eigenvalue weighted by molar-refractivity contribution is -0.120. The predicted octanol–water partition coefficient (Wildman–Crippen LogP) is 5.07. The van der Waals surface area contributed by atoms with Crippen molar-refractivity contribution in [3.63, 3.8) is 0 Å². The van der Waals surface area contributed by atoms with E-state index in [1.807, 2.05) is 100 Å². The summed E-state index contributed by atoms with van der Waals surface area (Å²) >= 11 is 0.